The van der Waals surface area contributed by atoms with Crippen LogP contribution in [0.25, 0.3) is 0 Å². The van der Waals surface area contributed by atoms with Crippen LogP contribution in [0.5, 0.6) is 0 Å². The smallest absolute Gasteiger partial charge is 0.267 e. The lowest BCUT2D eigenvalue weighted by Gasteiger charge is -2.19. The predicted octanol–water partition coefficient (Wildman–Crippen LogP) is 1.54. The van der Waals surface area contributed by atoms with E-state index in [2.05, 4.69) is 0 Å². The number of rotatable bonds is 2. The van der Waals surface area contributed by atoms with Gasteiger partial charge in [-0.05, 0) is 34.6 Å². The summed E-state index contributed by atoms with van der Waals surface area (Å²) in [5, 5.41) is 0. The third kappa shape index (κ3) is 3.20. The Kier molecular flexibility index (Phi) is 3.08. The molecule has 0 fully saturated rings. The van der Waals surface area contributed by atoms with Gasteiger partial charge in [-0.25, -0.2) is 0 Å². The largest absolute Gasteiger partial charge is 0.272 e. The van der Waals surface area contributed by atoms with Crippen molar-refractivity contribution in [3.63, 3.8) is 0 Å². The fourth-order valence-electron chi connectivity index (χ4n) is 0.398. The molecule has 0 bridgehead atoms. The Balaban J connectivity index is 4.51. The summed E-state index contributed by atoms with van der Waals surface area (Å²) in [5.74, 6) is 0. The fourth-order valence-corrected chi connectivity index (χ4v) is 1.19. The van der Waals surface area contributed by atoms with Crippen molar-refractivity contribution < 1.29 is 12.6 Å². The highest BCUT2D eigenvalue weighted by atomic mass is 32.2. The van der Waals surface area contributed by atoms with E-state index in [0.29, 0.717) is 0 Å². The molecule has 0 unspecified atom stereocenters. The minimum absolute atomic E-state index is 0.278. The van der Waals surface area contributed by atoms with E-state index < -0.39 is 14.9 Å². The summed E-state index contributed by atoms with van der Waals surface area (Å²) in [5.41, 5.74) is 0. The lowest BCUT2D eigenvalue weighted by molar-refractivity contribution is 0.239. The lowest BCUT2D eigenvalue weighted by Crippen LogP contribution is -2.31. The molecule has 3 nitrogen and oxygen atoms in total. The van der Waals surface area contributed by atoms with E-state index in [1.807, 2.05) is 0 Å². The van der Waals surface area contributed by atoms with Gasteiger partial charge >= 0.3 is 0 Å². The lowest BCUT2D eigenvalue weighted by atomic mass is 10.3. The Morgan fingerprint density at radius 3 is 1.64 bits per heavy atom. The molecule has 0 amide bonds. The molecule has 0 atom stereocenters. The zero-order chi connectivity index (χ0) is 9.28. The summed E-state index contributed by atoms with van der Waals surface area (Å²) in [6.07, 6.45) is -0.278. The third-order valence-corrected chi connectivity index (χ3v) is 3.21. The summed E-state index contributed by atoms with van der Waals surface area (Å²) in [4.78, 5) is 0. The highest BCUT2D eigenvalue weighted by molar-refractivity contribution is 7.88. The van der Waals surface area contributed by atoms with Crippen molar-refractivity contribution in [3.8, 4) is 0 Å². The minimum atomic E-state index is -3.40. The first-order valence-electron chi connectivity index (χ1n) is 3.59. The van der Waals surface area contributed by atoms with Gasteiger partial charge in [0.15, 0.2) is 0 Å². The zero-order valence-corrected chi connectivity index (χ0v) is 8.53. The molecule has 0 radical (unpaired) electrons. The first-order valence-corrected chi connectivity index (χ1v) is 5.00. The van der Waals surface area contributed by atoms with Crippen LogP contribution in [-0.4, -0.2) is 19.3 Å². The van der Waals surface area contributed by atoms with Crippen molar-refractivity contribution >= 4 is 10.1 Å². The van der Waals surface area contributed by atoms with Crippen LogP contribution in [0.3, 0.4) is 0 Å². The van der Waals surface area contributed by atoms with Crippen LogP contribution in [0.15, 0.2) is 0 Å². The van der Waals surface area contributed by atoms with Crippen molar-refractivity contribution in [2.24, 2.45) is 0 Å². The molecule has 11 heavy (non-hydrogen) atoms. The molecule has 0 aliphatic heterocycles. The quantitative estimate of drug-likeness (QED) is 0.605. The van der Waals surface area contributed by atoms with Gasteiger partial charge in [0.05, 0.1) is 10.9 Å². The van der Waals surface area contributed by atoms with E-state index in [-0.39, 0.29) is 6.10 Å². The van der Waals surface area contributed by atoms with E-state index in [1.54, 1.807) is 34.6 Å². The Morgan fingerprint density at radius 1 is 1.18 bits per heavy atom. The molecule has 0 rings (SSSR count). The fraction of sp³-hybridized carbons (Fsp3) is 1.00. The van der Waals surface area contributed by atoms with Crippen molar-refractivity contribution in [3.05, 3.63) is 0 Å². The second-order valence-corrected chi connectivity index (χ2v) is 6.04. The van der Waals surface area contributed by atoms with Gasteiger partial charge in [0.25, 0.3) is 10.1 Å². The van der Waals surface area contributed by atoms with E-state index in [4.69, 9.17) is 4.18 Å². The molecular weight excluding hydrogens is 164 g/mol. The van der Waals surface area contributed by atoms with Crippen molar-refractivity contribution in [1.29, 1.82) is 0 Å². The number of hydrogen-bond acceptors (Lipinski definition) is 3. The highest BCUT2D eigenvalue weighted by Crippen LogP contribution is 2.18. The van der Waals surface area contributed by atoms with Gasteiger partial charge in [0, 0.05) is 0 Å². The minimum Gasteiger partial charge on any atom is -0.267 e. The topological polar surface area (TPSA) is 43.4 Å². The highest BCUT2D eigenvalue weighted by Gasteiger charge is 2.30. The van der Waals surface area contributed by atoms with Crippen LogP contribution < -0.4 is 0 Å². The van der Waals surface area contributed by atoms with Gasteiger partial charge in [-0.2, -0.15) is 8.42 Å². The molecule has 0 aliphatic rings. The van der Waals surface area contributed by atoms with E-state index in [1.165, 1.54) is 0 Å². The average Bonchev–Trinajstić information content (AvgIpc) is 1.56. The molecule has 68 valence electrons. The van der Waals surface area contributed by atoms with Crippen LogP contribution in [0.4, 0.5) is 0 Å². The van der Waals surface area contributed by atoms with Gasteiger partial charge < -0.3 is 0 Å². The number of hydrogen-bond donors (Lipinski definition) is 0. The van der Waals surface area contributed by atoms with Gasteiger partial charge in [-0.1, -0.05) is 0 Å². The first kappa shape index (κ1) is 10.9. The molecule has 4 heteroatoms. The van der Waals surface area contributed by atoms with Crippen LogP contribution in [-0.2, 0) is 14.3 Å². The second kappa shape index (κ2) is 3.11. The molecular formula is C7H16O3S. The van der Waals surface area contributed by atoms with Gasteiger partial charge in [0.2, 0.25) is 0 Å². The van der Waals surface area contributed by atoms with Crippen LogP contribution in [0, 0.1) is 0 Å². The maximum absolute atomic E-state index is 11.2. The molecule has 0 aromatic heterocycles. The van der Waals surface area contributed by atoms with Crippen molar-refractivity contribution in [1.82, 2.24) is 0 Å². The average molecular weight is 180 g/mol. The summed E-state index contributed by atoms with van der Waals surface area (Å²) in [7, 11) is -3.40. The summed E-state index contributed by atoms with van der Waals surface area (Å²) in [6, 6.07) is 0. The molecule has 0 N–H and O–H groups in total. The predicted molar refractivity (Wildman–Crippen MR) is 44.9 cm³/mol. The zero-order valence-electron chi connectivity index (χ0n) is 7.71. The first-order chi connectivity index (χ1) is 4.67. The van der Waals surface area contributed by atoms with Crippen LogP contribution in [0.2, 0.25) is 0 Å². The third-order valence-electron chi connectivity index (χ3n) is 1.07. The van der Waals surface area contributed by atoms with E-state index in [9.17, 15) is 8.42 Å². The van der Waals surface area contributed by atoms with Crippen LogP contribution in [0.1, 0.15) is 34.6 Å². The Hall–Kier alpha value is -0.0900. The molecule has 0 heterocycles. The van der Waals surface area contributed by atoms with Crippen molar-refractivity contribution in [2.45, 2.75) is 45.5 Å². The molecule has 0 aromatic carbocycles. The van der Waals surface area contributed by atoms with Crippen LogP contribution >= 0.6 is 0 Å². The maximum Gasteiger partial charge on any atom is 0.272 e. The Labute approximate surface area is 68.9 Å². The normalized spacial score (nSPS) is 14.0. The van der Waals surface area contributed by atoms with E-state index >= 15 is 0 Å². The summed E-state index contributed by atoms with van der Waals surface area (Å²) < 4.78 is 26.4. The molecule has 0 aliphatic carbocycles. The van der Waals surface area contributed by atoms with Gasteiger partial charge in [-0.15, -0.1) is 0 Å². The molecule has 0 saturated carbocycles. The van der Waals surface area contributed by atoms with E-state index in [0.717, 1.165) is 0 Å². The molecule has 0 aromatic rings. The SMILES string of the molecule is CC(C)OS(=O)(=O)C(C)(C)C. The van der Waals surface area contributed by atoms with Gasteiger partial charge in [0.1, 0.15) is 0 Å². The maximum atomic E-state index is 11.2. The Bertz CT molecular complexity index is 208. The van der Waals surface area contributed by atoms with Gasteiger partial charge in [-0.3, -0.25) is 4.18 Å². The van der Waals surface area contributed by atoms with Crippen molar-refractivity contribution in [2.75, 3.05) is 0 Å². The molecule has 0 spiro atoms. The summed E-state index contributed by atoms with van der Waals surface area (Å²) >= 11 is 0. The monoisotopic (exact) mass is 180 g/mol. The molecule has 0 saturated heterocycles. The Morgan fingerprint density at radius 2 is 1.55 bits per heavy atom. The standard InChI is InChI=1S/C7H16O3S/c1-6(2)10-11(8,9)7(3,4)5/h6H,1-5H3. The second-order valence-electron chi connectivity index (χ2n) is 3.71. The summed E-state index contributed by atoms with van der Waals surface area (Å²) in [6.45, 7) is 8.24.